The summed E-state index contributed by atoms with van der Waals surface area (Å²) < 4.78 is 36.0. The van der Waals surface area contributed by atoms with Crippen LogP contribution in [0.25, 0.3) is 5.69 Å². The largest absolute Gasteiger partial charge is 0.586 e. The van der Waals surface area contributed by atoms with Gasteiger partial charge in [-0.1, -0.05) is 0 Å². The van der Waals surface area contributed by atoms with Gasteiger partial charge in [0.15, 0.2) is 16.3 Å². The van der Waals surface area contributed by atoms with E-state index < -0.39 is 6.29 Å². The molecule has 0 bridgehead atoms. The van der Waals surface area contributed by atoms with E-state index in [2.05, 4.69) is 9.47 Å². The van der Waals surface area contributed by atoms with Crippen LogP contribution in [0.2, 0.25) is 0 Å². The topological polar surface area (TPSA) is 47.2 Å². The van der Waals surface area contributed by atoms with Crippen LogP contribution in [-0.4, -0.2) is 10.9 Å². The highest BCUT2D eigenvalue weighted by Crippen LogP contribution is 2.41. The highest BCUT2D eigenvalue weighted by Gasteiger charge is 2.43. The molecule has 0 radical (unpaired) electrons. The van der Waals surface area contributed by atoms with E-state index in [0.29, 0.717) is 10.5 Å². The third-order valence-electron chi connectivity index (χ3n) is 2.45. The van der Waals surface area contributed by atoms with Crippen molar-refractivity contribution in [3.8, 4) is 17.2 Å². The van der Waals surface area contributed by atoms with Gasteiger partial charge in [-0.2, -0.15) is 0 Å². The fraction of sp³-hybridized carbons (Fsp3) is 0.182. The summed E-state index contributed by atoms with van der Waals surface area (Å²) in [5.74, 6) is -0.0175. The number of hydrogen-bond donors (Lipinski definition) is 1. The molecule has 7 heteroatoms. The molecule has 3 rings (SSSR count). The molecule has 0 aliphatic carbocycles. The molecule has 18 heavy (non-hydrogen) atoms. The van der Waals surface area contributed by atoms with Gasteiger partial charge in [0.05, 0.1) is 5.69 Å². The fourth-order valence-electron chi connectivity index (χ4n) is 1.75. The van der Waals surface area contributed by atoms with E-state index in [1.165, 1.54) is 23.5 Å². The predicted molar refractivity (Wildman–Crippen MR) is 60.4 cm³/mol. The number of benzene rings is 1. The molecule has 2 heterocycles. The molecule has 1 aromatic heterocycles. The third kappa shape index (κ3) is 1.76. The molecule has 0 fully saturated rings. The molecule has 1 aliphatic heterocycles. The molecule has 0 unspecified atom stereocenters. The minimum Gasteiger partial charge on any atom is -0.395 e. The molecule has 0 atom stereocenters. The summed E-state index contributed by atoms with van der Waals surface area (Å²) in [6.07, 6.45) is -1.84. The third-order valence-corrected chi connectivity index (χ3v) is 3.27. The molecular weight excluding hydrogens is 262 g/mol. The van der Waals surface area contributed by atoms with Crippen molar-refractivity contribution in [1.29, 1.82) is 5.41 Å². The van der Waals surface area contributed by atoms with Crippen LogP contribution in [0.15, 0.2) is 24.4 Å². The Morgan fingerprint density at radius 3 is 2.67 bits per heavy atom. The van der Waals surface area contributed by atoms with Crippen LogP contribution in [0.4, 0.5) is 8.78 Å². The van der Waals surface area contributed by atoms with E-state index in [0.717, 1.165) is 4.88 Å². The number of fused-ring (bicyclic) bond motifs is 1. The molecule has 1 aromatic carbocycles. The lowest BCUT2D eigenvalue weighted by Gasteiger charge is -2.04. The van der Waals surface area contributed by atoms with Gasteiger partial charge in [-0.15, -0.1) is 20.1 Å². The van der Waals surface area contributed by atoms with Gasteiger partial charge in [0.1, 0.15) is 0 Å². The lowest BCUT2D eigenvalue weighted by atomic mass is 10.3. The van der Waals surface area contributed by atoms with Crippen molar-refractivity contribution in [2.24, 2.45) is 0 Å². The molecule has 0 amide bonds. The van der Waals surface area contributed by atoms with E-state index in [1.807, 2.05) is 6.92 Å². The number of aromatic nitrogens is 1. The summed E-state index contributed by atoms with van der Waals surface area (Å²) >= 11 is 1.31. The van der Waals surface area contributed by atoms with Crippen molar-refractivity contribution in [2.75, 3.05) is 0 Å². The van der Waals surface area contributed by atoms with E-state index in [-0.39, 0.29) is 11.5 Å². The Morgan fingerprint density at radius 2 is 2.00 bits per heavy atom. The number of aryl methyl sites for hydroxylation is 1. The number of alkyl halides is 2. The first-order valence-electron chi connectivity index (χ1n) is 5.08. The minimum atomic E-state index is -3.61. The maximum Gasteiger partial charge on any atom is 0.586 e. The van der Waals surface area contributed by atoms with Gasteiger partial charge in [-0.25, -0.2) is 0 Å². The Morgan fingerprint density at radius 1 is 1.28 bits per heavy atom. The zero-order chi connectivity index (χ0) is 12.9. The van der Waals surface area contributed by atoms with Crippen molar-refractivity contribution >= 4 is 11.3 Å². The summed E-state index contributed by atoms with van der Waals surface area (Å²) in [4.78, 5) is 1.28. The number of nitrogens with zero attached hydrogens (tertiary/aromatic N) is 1. The van der Waals surface area contributed by atoms with Crippen LogP contribution >= 0.6 is 11.3 Å². The molecular formula is C11H8F2N2O2S. The molecule has 94 valence electrons. The van der Waals surface area contributed by atoms with E-state index in [4.69, 9.17) is 5.41 Å². The monoisotopic (exact) mass is 270 g/mol. The average Bonchev–Trinajstić information content (AvgIpc) is 2.74. The fourth-order valence-corrected chi connectivity index (χ4v) is 2.47. The summed E-state index contributed by atoms with van der Waals surface area (Å²) in [7, 11) is 0. The van der Waals surface area contributed by atoms with Crippen LogP contribution < -0.4 is 14.3 Å². The first-order chi connectivity index (χ1) is 8.44. The Kier molecular flexibility index (Phi) is 2.21. The Bertz CT molecular complexity index is 678. The number of nitrogens with one attached hydrogen (secondary N) is 1. The van der Waals surface area contributed by atoms with Gasteiger partial charge in [-0.05, 0) is 19.1 Å². The Labute approximate surface area is 105 Å². The van der Waals surface area contributed by atoms with Crippen LogP contribution in [0.5, 0.6) is 11.5 Å². The Balaban J connectivity index is 2.08. The van der Waals surface area contributed by atoms with Crippen LogP contribution in [0.3, 0.4) is 0 Å². The second-order valence-electron chi connectivity index (χ2n) is 3.82. The molecule has 0 saturated carbocycles. The average molecular weight is 270 g/mol. The predicted octanol–water partition coefficient (Wildman–Crippen LogP) is 2.65. The molecule has 4 nitrogen and oxygen atoms in total. The number of ether oxygens (including phenoxy) is 2. The molecule has 1 aliphatic rings. The van der Waals surface area contributed by atoms with Gasteiger partial charge in [0.2, 0.25) is 0 Å². The maximum absolute atomic E-state index is 12.9. The SMILES string of the molecule is Cc1cn(-c2ccc3c(c2)OC(F)(F)O3)c(=N)s1. The van der Waals surface area contributed by atoms with Crippen LogP contribution in [0, 0.1) is 12.3 Å². The Hall–Kier alpha value is -1.89. The van der Waals surface area contributed by atoms with Crippen molar-refractivity contribution in [3.05, 3.63) is 34.1 Å². The van der Waals surface area contributed by atoms with Crippen molar-refractivity contribution < 1.29 is 18.3 Å². The smallest absolute Gasteiger partial charge is 0.395 e. The minimum absolute atomic E-state index is 0.00262. The second-order valence-corrected chi connectivity index (χ2v) is 5.05. The van der Waals surface area contributed by atoms with Gasteiger partial charge in [0, 0.05) is 17.1 Å². The number of rotatable bonds is 1. The number of halogens is 2. The summed E-state index contributed by atoms with van der Waals surface area (Å²) in [6.45, 7) is 1.88. The van der Waals surface area contributed by atoms with Crippen LogP contribution in [-0.2, 0) is 0 Å². The highest BCUT2D eigenvalue weighted by atomic mass is 32.1. The zero-order valence-corrected chi connectivity index (χ0v) is 10.1. The van der Waals surface area contributed by atoms with Crippen molar-refractivity contribution in [1.82, 2.24) is 4.57 Å². The zero-order valence-electron chi connectivity index (χ0n) is 9.24. The van der Waals surface area contributed by atoms with Gasteiger partial charge in [0.25, 0.3) is 0 Å². The molecule has 0 spiro atoms. The van der Waals surface area contributed by atoms with Gasteiger partial charge in [-0.3, -0.25) is 9.98 Å². The van der Waals surface area contributed by atoms with E-state index in [1.54, 1.807) is 16.8 Å². The van der Waals surface area contributed by atoms with Crippen LogP contribution in [0.1, 0.15) is 4.88 Å². The second kappa shape index (κ2) is 3.55. The standard InChI is InChI=1S/C11H8F2N2O2S/c1-6-5-15(10(14)18-6)7-2-3-8-9(4-7)17-11(12,13)16-8/h2-5,14H,1H3. The van der Waals surface area contributed by atoms with Gasteiger partial charge >= 0.3 is 6.29 Å². The van der Waals surface area contributed by atoms with E-state index >= 15 is 0 Å². The quantitative estimate of drug-likeness (QED) is 0.866. The summed E-state index contributed by atoms with van der Waals surface area (Å²) in [6, 6.07) is 4.44. The lowest BCUT2D eigenvalue weighted by Crippen LogP contribution is -2.25. The molecule has 0 saturated heterocycles. The summed E-state index contributed by atoms with van der Waals surface area (Å²) in [5.41, 5.74) is 0.587. The maximum atomic E-state index is 12.9. The van der Waals surface area contributed by atoms with E-state index in [9.17, 15) is 8.78 Å². The molecule has 1 N–H and O–H groups in total. The lowest BCUT2D eigenvalue weighted by molar-refractivity contribution is -0.286. The number of hydrogen-bond acceptors (Lipinski definition) is 4. The molecule has 2 aromatic rings. The first kappa shape index (κ1) is 11.2. The highest BCUT2D eigenvalue weighted by molar-refractivity contribution is 7.09. The number of thiazole rings is 1. The van der Waals surface area contributed by atoms with Gasteiger partial charge < -0.3 is 9.47 Å². The van der Waals surface area contributed by atoms with Crippen molar-refractivity contribution in [2.45, 2.75) is 13.2 Å². The summed E-state index contributed by atoms with van der Waals surface area (Å²) in [5, 5.41) is 7.77. The first-order valence-corrected chi connectivity index (χ1v) is 5.90. The van der Waals surface area contributed by atoms with Crippen molar-refractivity contribution in [3.63, 3.8) is 0 Å². The normalized spacial score (nSPS) is 15.9.